The molecule has 38 heavy (non-hydrogen) atoms. The summed E-state index contributed by atoms with van der Waals surface area (Å²) in [6.07, 6.45) is -0.580. The first-order valence-electron chi connectivity index (χ1n) is 11.9. The Morgan fingerprint density at radius 2 is 1.66 bits per heavy atom. The molecular formula is C26H24N4O8. The second kappa shape index (κ2) is 11.0. The van der Waals surface area contributed by atoms with E-state index in [9.17, 15) is 38.7 Å². The number of fused-ring (bicyclic) bond motifs is 1. The molecule has 12 nitrogen and oxygen atoms in total. The first-order valence-corrected chi connectivity index (χ1v) is 11.9. The van der Waals surface area contributed by atoms with Crippen molar-refractivity contribution in [1.29, 1.82) is 0 Å². The van der Waals surface area contributed by atoms with E-state index >= 15 is 0 Å². The Labute approximate surface area is 216 Å². The van der Waals surface area contributed by atoms with Crippen LogP contribution in [0.5, 0.6) is 0 Å². The highest BCUT2D eigenvalue weighted by Crippen LogP contribution is 2.32. The molecule has 196 valence electrons. The largest absolute Gasteiger partial charge is 0.480 e. The number of nitrogens with one attached hydrogen (secondary N) is 3. The van der Waals surface area contributed by atoms with E-state index in [-0.39, 0.29) is 48.9 Å². The Kier molecular flexibility index (Phi) is 7.61. The van der Waals surface area contributed by atoms with Gasteiger partial charge < -0.3 is 15.7 Å². The summed E-state index contributed by atoms with van der Waals surface area (Å²) in [6.45, 7) is 0. The van der Waals surface area contributed by atoms with Crippen molar-refractivity contribution in [3.63, 3.8) is 0 Å². The average Bonchev–Trinajstić information content (AvgIpc) is 3.13. The highest BCUT2D eigenvalue weighted by molar-refractivity contribution is 6.26. The first kappa shape index (κ1) is 26.2. The SMILES string of the molecule is O=C1CCC(N2C(=O)c3cccc(NC(=O)CCC(=O)N[C@@H](Cc4ccccc4)C(=O)O)c3C2=O)C(=O)N1. The van der Waals surface area contributed by atoms with Crippen LogP contribution in [0.25, 0.3) is 0 Å². The summed E-state index contributed by atoms with van der Waals surface area (Å²) in [5.74, 6) is -5.23. The zero-order chi connectivity index (χ0) is 27.4. The molecule has 2 heterocycles. The lowest BCUT2D eigenvalue weighted by molar-refractivity contribution is -0.141. The van der Waals surface area contributed by atoms with Gasteiger partial charge in [0.15, 0.2) is 0 Å². The molecule has 2 aromatic carbocycles. The fraction of sp³-hybridized carbons (Fsp3) is 0.269. The number of carboxylic acid groups (broad SMARTS) is 1. The predicted octanol–water partition coefficient (Wildman–Crippen LogP) is 0.619. The Morgan fingerprint density at radius 3 is 2.34 bits per heavy atom. The van der Waals surface area contributed by atoms with E-state index in [4.69, 9.17) is 0 Å². The van der Waals surface area contributed by atoms with Gasteiger partial charge in [-0.15, -0.1) is 0 Å². The molecule has 6 amide bonds. The molecule has 2 aliphatic heterocycles. The van der Waals surface area contributed by atoms with Crippen molar-refractivity contribution in [2.24, 2.45) is 0 Å². The molecule has 0 radical (unpaired) electrons. The van der Waals surface area contributed by atoms with Gasteiger partial charge in [-0.05, 0) is 24.1 Å². The quantitative estimate of drug-likeness (QED) is 0.347. The molecule has 1 unspecified atom stereocenters. The lowest BCUT2D eigenvalue weighted by atomic mass is 10.0. The number of amides is 6. The van der Waals surface area contributed by atoms with Crippen molar-refractivity contribution in [3.8, 4) is 0 Å². The van der Waals surface area contributed by atoms with Gasteiger partial charge in [-0.1, -0.05) is 36.4 Å². The third-order valence-corrected chi connectivity index (χ3v) is 6.24. The molecule has 12 heteroatoms. The van der Waals surface area contributed by atoms with Crippen molar-refractivity contribution in [1.82, 2.24) is 15.5 Å². The molecule has 2 aliphatic rings. The molecule has 1 saturated heterocycles. The number of hydrogen-bond donors (Lipinski definition) is 4. The second-order valence-corrected chi connectivity index (χ2v) is 8.87. The van der Waals surface area contributed by atoms with Crippen LogP contribution >= 0.6 is 0 Å². The van der Waals surface area contributed by atoms with Crippen molar-refractivity contribution in [2.75, 3.05) is 5.32 Å². The number of nitrogens with zero attached hydrogens (tertiary/aromatic N) is 1. The zero-order valence-electron chi connectivity index (χ0n) is 20.1. The van der Waals surface area contributed by atoms with Crippen molar-refractivity contribution in [2.45, 2.75) is 44.2 Å². The van der Waals surface area contributed by atoms with Gasteiger partial charge in [0.25, 0.3) is 11.8 Å². The van der Waals surface area contributed by atoms with Crippen LogP contribution in [-0.4, -0.2) is 63.5 Å². The van der Waals surface area contributed by atoms with Crippen LogP contribution in [0.3, 0.4) is 0 Å². The highest BCUT2D eigenvalue weighted by atomic mass is 16.4. The van der Waals surface area contributed by atoms with E-state index < -0.39 is 53.5 Å². The number of carbonyl (C=O) groups is 7. The predicted molar refractivity (Wildman–Crippen MR) is 131 cm³/mol. The maximum atomic E-state index is 13.1. The lowest BCUT2D eigenvalue weighted by Gasteiger charge is -2.27. The van der Waals surface area contributed by atoms with Crippen LogP contribution in [0.4, 0.5) is 5.69 Å². The summed E-state index contributed by atoms with van der Waals surface area (Å²) in [5, 5.41) is 16.5. The molecule has 0 saturated carbocycles. The standard InChI is InChI=1S/C26H24N4O8/c31-19(11-12-20(32)28-17(26(37)38)13-14-5-2-1-3-6-14)27-16-8-4-7-15-22(16)25(36)30(24(15)35)18-9-10-21(33)29-23(18)34/h1-8,17-18H,9-13H2,(H,27,31)(H,28,32)(H,37,38)(H,29,33,34)/t17-,18?/m0/s1. The summed E-state index contributed by atoms with van der Waals surface area (Å²) in [7, 11) is 0. The fourth-order valence-corrected chi connectivity index (χ4v) is 4.38. The van der Waals surface area contributed by atoms with Gasteiger partial charge in [0.1, 0.15) is 12.1 Å². The summed E-state index contributed by atoms with van der Waals surface area (Å²) < 4.78 is 0. The van der Waals surface area contributed by atoms with Crippen LogP contribution in [-0.2, 0) is 30.4 Å². The van der Waals surface area contributed by atoms with Gasteiger partial charge in [-0.25, -0.2) is 4.79 Å². The van der Waals surface area contributed by atoms with E-state index in [2.05, 4.69) is 16.0 Å². The number of aliphatic carboxylic acids is 1. The third-order valence-electron chi connectivity index (χ3n) is 6.24. The van der Waals surface area contributed by atoms with Crippen molar-refractivity contribution < 1.29 is 38.7 Å². The van der Waals surface area contributed by atoms with Crippen molar-refractivity contribution >= 4 is 47.1 Å². The van der Waals surface area contributed by atoms with Crippen LogP contribution in [0.1, 0.15) is 52.0 Å². The van der Waals surface area contributed by atoms with E-state index in [0.29, 0.717) is 0 Å². The third kappa shape index (κ3) is 5.59. The maximum Gasteiger partial charge on any atom is 0.326 e. The van der Waals surface area contributed by atoms with Crippen LogP contribution in [0.2, 0.25) is 0 Å². The summed E-state index contributed by atoms with van der Waals surface area (Å²) >= 11 is 0. The molecule has 0 spiro atoms. The van der Waals surface area contributed by atoms with E-state index in [1.807, 2.05) is 0 Å². The van der Waals surface area contributed by atoms with Gasteiger partial charge in [0, 0.05) is 25.7 Å². The molecule has 2 aromatic rings. The molecule has 0 aliphatic carbocycles. The van der Waals surface area contributed by atoms with Gasteiger partial charge >= 0.3 is 5.97 Å². The van der Waals surface area contributed by atoms with Gasteiger partial charge in [0.2, 0.25) is 23.6 Å². The molecular weight excluding hydrogens is 496 g/mol. The number of rotatable bonds is 9. The van der Waals surface area contributed by atoms with Crippen LogP contribution in [0.15, 0.2) is 48.5 Å². The second-order valence-electron chi connectivity index (χ2n) is 8.87. The normalized spacial score (nSPS) is 17.5. The maximum absolute atomic E-state index is 13.1. The van der Waals surface area contributed by atoms with Crippen molar-refractivity contribution in [3.05, 3.63) is 65.2 Å². The van der Waals surface area contributed by atoms with E-state index in [1.54, 1.807) is 30.3 Å². The lowest BCUT2D eigenvalue weighted by Crippen LogP contribution is -2.54. The van der Waals surface area contributed by atoms with Crippen LogP contribution in [0, 0.1) is 0 Å². The fourth-order valence-electron chi connectivity index (χ4n) is 4.38. The number of carbonyl (C=O) groups excluding carboxylic acids is 6. The number of carboxylic acids is 1. The van der Waals surface area contributed by atoms with Gasteiger partial charge in [-0.3, -0.25) is 39.0 Å². The highest BCUT2D eigenvalue weighted by Gasteiger charge is 2.45. The number of imide groups is 2. The molecule has 2 atom stereocenters. The molecule has 0 bridgehead atoms. The van der Waals surface area contributed by atoms with E-state index in [1.165, 1.54) is 18.2 Å². The Balaban J connectivity index is 1.38. The Bertz CT molecular complexity index is 1340. The minimum Gasteiger partial charge on any atom is -0.480 e. The average molecular weight is 520 g/mol. The van der Waals surface area contributed by atoms with Gasteiger partial charge in [0.05, 0.1) is 16.8 Å². The van der Waals surface area contributed by atoms with Crippen LogP contribution < -0.4 is 16.0 Å². The minimum absolute atomic E-state index is 0.000421. The Morgan fingerprint density at radius 1 is 0.947 bits per heavy atom. The molecule has 4 N–H and O–H groups in total. The number of anilines is 1. The molecule has 0 aromatic heterocycles. The zero-order valence-corrected chi connectivity index (χ0v) is 20.1. The van der Waals surface area contributed by atoms with E-state index in [0.717, 1.165) is 10.5 Å². The summed E-state index contributed by atoms with van der Waals surface area (Å²) in [4.78, 5) is 87.0. The monoisotopic (exact) mass is 520 g/mol. The summed E-state index contributed by atoms with van der Waals surface area (Å²) in [6, 6.07) is 10.7. The topological polar surface area (TPSA) is 179 Å². The summed E-state index contributed by atoms with van der Waals surface area (Å²) in [5.41, 5.74) is 0.671. The number of benzene rings is 2. The van der Waals surface area contributed by atoms with Gasteiger partial charge in [-0.2, -0.15) is 0 Å². The molecule has 4 rings (SSSR count). The molecule has 1 fully saturated rings. The number of piperidine rings is 1. The smallest absolute Gasteiger partial charge is 0.326 e. The number of hydrogen-bond acceptors (Lipinski definition) is 7. The Hall–Kier alpha value is -4.87. The first-order chi connectivity index (χ1) is 18.2. The minimum atomic E-state index is -1.21.